The van der Waals surface area contributed by atoms with E-state index in [1.54, 1.807) is 13.8 Å². The number of primary amides is 1. The van der Waals surface area contributed by atoms with Gasteiger partial charge in [0.1, 0.15) is 6.61 Å². The molecule has 6 heteroatoms. The number of rotatable bonds is 7. The first-order valence-corrected chi connectivity index (χ1v) is 4.74. The first-order chi connectivity index (χ1) is 6.90. The SMILES string of the molecule is CC(C)(CNC(=O)COCCN)C(N)=O. The number of hydrogen-bond donors (Lipinski definition) is 3. The largest absolute Gasteiger partial charge is 0.370 e. The van der Waals surface area contributed by atoms with Crippen LogP contribution in [-0.2, 0) is 14.3 Å². The van der Waals surface area contributed by atoms with Gasteiger partial charge in [-0.15, -0.1) is 0 Å². The fraction of sp³-hybridized carbons (Fsp3) is 0.778. The quantitative estimate of drug-likeness (QED) is 0.455. The van der Waals surface area contributed by atoms with E-state index in [1.807, 2.05) is 0 Å². The zero-order valence-electron chi connectivity index (χ0n) is 9.21. The summed E-state index contributed by atoms with van der Waals surface area (Å²) in [6.07, 6.45) is 0. The zero-order valence-corrected chi connectivity index (χ0v) is 9.21. The van der Waals surface area contributed by atoms with Gasteiger partial charge in [-0.1, -0.05) is 0 Å². The van der Waals surface area contributed by atoms with E-state index in [1.165, 1.54) is 0 Å². The predicted octanol–water partition coefficient (Wildman–Crippen LogP) is -1.41. The number of ether oxygens (including phenoxy) is 1. The molecule has 0 atom stereocenters. The van der Waals surface area contributed by atoms with Crippen molar-refractivity contribution in [1.29, 1.82) is 0 Å². The van der Waals surface area contributed by atoms with E-state index < -0.39 is 11.3 Å². The third kappa shape index (κ3) is 6.03. The molecule has 2 amide bonds. The van der Waals surface area contributed by atoms with Gasteiger partial charge in [0.25, 0.3) is 0 Å². The van der Waals surface area contributed by atoms with Crippen LogP contribution in [0.15, 0.2) is 0 Å². The normalized spacial score (nSPS) is 11.1. The molecule has 0 fully saturated rings. The molecule has 88 valence electrons. The van der Waals surface area contributed by atoms with Crippen LogP contribution >= 0.6 is 0 Å². The smallest absolute Gasteiger partial charge is 0.246 e. The van der Waals surface area contributed by atoms with Gasteiger partial charge in [0.2, 0.25) is 11.8 Å². The van der Waals surface area contributed by atoms with Crippen LogP contribution in [0, 0.1) is 5.41 Å². The summed E-state index contributed by atoms with van der Waals surface area (Å²) in [5.74, 6) is -0.733. The van der Waals surface area contributed by atoms with Gasteiger partial charge in [0, 0.05) is 13.1 Å². The number of hydrogen-bond acceptors (Lipinski definition) is 4. The second kappa shape index (κ2) is 6.36. The fourth-order valence-electron chi connectivity index (χ4n) is 0.706. The Kier molecular flexibility index (Phi) is 5.88. The Labute approximate surface area is 89.3 Å². The van der Waals surface area contributed by atoms with E-state index in [2.05, 4.69) is 5.32 Å². The molecule has 15 heavy (non-hydrogen) atoms. The Balaban J connectivity index is 3.75. The molecule has 0 saturated heterocycles. The van der Waals surface area contributed by atoms with Gasteiger partial charge in [-0.3, -0.25) is 9.59 Å². The van der Waals surface area contributed by atoms with Crippen molar-refractivity contribution in [2.75, 3.05) is 26.3 Å². The fourth-order valence-corrected chi connectivity index (χ4v) is 0.706. The maximum Gasteiger partial charge on any atom is 0.246 e. The highest BCUT2D eigenvalue weighted by Gasteiger charge is 2.25. The minimum absolute atomic E-state index is 0.0496. The number of carbonyl (C=O) groups is 2. The molecule has 0 aromatic heterocycles. The summed E-state index contributed by atoms with van der Waals surface area (Å²) in [7, 11) is 0. The monoisotopic (exact) mass is 217 g/mol. The van der Waals surface area contributed by atoms with E-state index in [0.29, 0.717) is 13.2 Å². The lowest BCUT2D eigenvalue weighted by Crippen LogP contribution is -2.43. The molecule has 6 nitrogen and oxygen atoms in total. The third-order valence-corrected chi connectivity index (χ3v) is 1.89. The number of nitrogens with two attached hydrogens (primary N) is 2. The van der Waals surface area contributed by atoms with Crippen molar-refractivity contribution in [2.45, 2.75) is 13.8 Å². The van der Waals surface area contributed by atoms with Gasteiger partial charge in [-0.05, 0) is 13.8 Å². The molecule has 0 radical (unpaired) electrons. The van der Waals surface area contributed by atoms with Gasteiger partial charge in [-0.25, -0.2) is 0 Å². The van der Waals surface area contributed by atoms with Crippen LogP contribution in [0.3, 0.4) is 0 Å². The molecule has 0 rings (SSSR count). The average molecular weight is 217 g/mol. The van der Waals surface area contributed by atoms with Crippen molar-refractivity contribution < 1.29 is 14.3 Å². The molecule has 5 N–H and O–H groups in total. The second-order valence-electron chi connectivity index (χ2n) is 3.87. The Hall–Kier alpha value is -1.14. The summed E-state index contributed by atoms with van der Waals surface area (Å²) in [6.45, 7) is 4.19. The highest BCUT2D eigenvalue weighted by Crippen LogP contribution is 2.11. The van der Waals surface area contributed by atoms with Crippen molar-refractivity contribution in [1.82, 2.24) is 5.32 Å². The molecule has 0 spiro atoms. The topological polar surface area (TPSA) is 107 Å². The highest BCUT2D eigenvalue weighted by atomic mass is 16.5. The van der Waals surface area contributed by atoms with Crippen LogP contribution in [0.5, 0.6) is 0 Å². The molecular formula is C9H19N3O3. The molecule has 0 aliphatic rings. The number of carbonyl (C=O) groups excluding carboxylic acids is 2. The molecular weight excluding hydrogens is 198 g/mol. The van der Waals surface area contributed by atoms with Crippen molar-refractivity contribution in [3.05, 3.63) is 0 Å². The molecule has 0 aromatic rings. The molecule has 0 aliphatic heterocycles. The van der Waals surface area contributed by atoms with Crippen molar-refractivity contribution in [3.63, 3.8) is 0 Å². The summed E-state index contributed by atoms with van der Waals surface area (Å²) in [5.41, 5.74) is 9.57. The maximum atomic E-state index is 11.2. The maximum absolute atomic E-state index is 11.2. The van der Waals surface area contributed by atoms with E-state index in [9.17, 15) is 9.59 Å². The van der Waals surface area contributed by atoms with Crippen LogP contribution in [0.2, 0.25) is 0 Å². The molecule has 0 bridgehead atoms. The molecule has 0 aliphatic carbocycles. The van der Waals surface area contributed by atoms with E-state index >= 15 is 0 Å². The zero-order chi connectivity index (χ0) is 11.9. The first kappa shape index (κ1) is 13.9. The van der Waals surface area contributed by atoms with Gasteiger partial charge >= 0.3 is 0 Å². The van der Waals surface area contributed by atoms with Gasteiger partial charge in [-0.2, -0.15) is 0 Å². The summed E-state index contributed by atoms with van der Waals surface area (Å²) in [4.78, 5) is 22.1. The molecule has 0 unspecified atom stereocenters. The minimum atomic E-state index is -0.747. The van der Waals surface area contributed by atoms with E-state index in [4.69, 9.17) is 16.2 Å². The van der Waals surface area contributed by atoms with Crippen LogP contribution in [0.25, 0.3) is 0 Å². The van der Waals surface area contributed by atoms with Crippen LogP contribution in [0.1, 0.15) is 13.8 Å². The Morgan fingerprint density at radius 2 is 2.00 bits per heavy atom. The lowest BCUT2D eigenvalue weighted by atomic mass is 9.93. The lowest BCUT2D eigenvalue weighted by molar-refractivity contribution is -0.128. The number of amides is 2. The van der Waals surface area contributed by atoms with Crippen molar-refractivity contribution >= 4 is 11.8 Å². The standard InChI is InChI=1S/C9H19N3O3/c1-9(2,8(11)14)6-12-7(13)5-15-4-3-10/h3-6,10H2,1-2H3,(H2,11,14)(H,12,13). The summed E-state index contributed by atoms with van der Waals surface area (Å²) in [5, 5.41) is 2.56. The Bertz CT molecular complexity index is 229. The first-order valence-electron chi connectivity index (χ1n) is 4.74. The Morgan fingerprint density at radius 3 is 2.47 bits per heavy atom. The van der Waals surface area contributed by atoms with Crippen LogP contribution < -0.4 is 16.8 Å². The number of nitrogens with one attached hydrogen (secondary N) is 1. The third-order valence-electron chi connectivity index (χ3n) is 1.89. The van der Waals surface area contributed by atoms with E-state index in [-0.39, 0.29) is 19.1 Å². The van der Waals surface area contributed by atoms with Crippen LogP contribution in [-0.4, -0.2) is 38.1 Å². The van der Waals surface area contributed by atoms with Crippen LogP contribution in [0.4, 0.5) is 0 Å². The summed E-state index contributed by atoms with van der Waals surface area (Å²) in [6, 6.07) is 0. The lowest BCUT2D eigenvalue weighted by Gasteiger charge is -2.20. The van der Waals surface area contributed by atoms with Gasteiger partial charge in [0.15, 0.2) is 0 Å². The predicted molar refractivity (Wildman–Crippen MR) is 55.9 cm³/mol. The highest BCUT2D eigenvalue weighted by molar-refractivity contribution is 5.82. The van der Waals surface area contributed by atoms with Crippen molar-refractivity contribution in [3.8, 4) is 0 Å². The summed E-state index contributed by atoms with van der Waals surface area (Å²) >= 11 is 0. The molecule has 0 saturated carbocycles. The minimum Gasteiger partial charge on any atom is -0.370 e. The molecule has 0 aromatic carbocycles. The summed E-state index contributed by atoms with van der Waals surface area (Å²) < 4.78 is 4.92. The average Bonchev–Trinajstić information content (AvgIpc) is 2.15. The molecule has 0 heterocycles. The van der Waals surface area contributed by atoms with Crippen molar-refractivity contribution in [2.24, 2.45) is 16.9 Å². The van der Waals surface area contributed by atoms with E-state index in [0.717, 1.165) is 0 Å². The van der Waals surface area contributed by atoms with Gasteiger partial charge < -0.3 is 21.5 Å². The van der Waals surface area contributed by atoms with Gasteiger partial charge in [0.05, 0.1) is 12.0 Å². The second-order valence-corrected chi connectivity index (χ2v) is 3.87. The Morgan fingerprint density at radius 1 is 1.40 bits per heavy atom.